The van der Waals surface area contributed by atoms with Crippen molar-refractivity contribution in [3.63, 3.8) is 0 Å². The first-order valence-electron chi connectivity index (χ1n) is 6.96. The average molecular weight is 288 g/mol. The van der Waals surface area contributed by atoms with Crippen molar-refractivity contribution in [3.05, 3.63) is 65.0 Å². The van der Waals surface area contributed by atoms with Gasteiger partial charge in [-0.05, 0) is 60.7 Å². The number of rotatable bonds is 6. The van der Waals surface area contributed by atoms with Gasteiger partial charge in [0.1, 0.15) is 11.6 Å². The molecule has 0 aliphatic rings. The second kappa shape index (κ2) is 7.20. The summed E-state index contributed by atoms with van der Waals surface area (Å²) >= 11 is 0. The maximum Gasteiger partial charge on any atom is 0.123 e. The van der Waals surface area contributed by atoms with Crippen LogP contribution in [-0.4, -0.2) is 13.2 Å². The van der Waals surface area contributed by atoms with Crippen molar-refractivity contribution in [2.75, 3.05) is 7.11 Å². The maximum atomic E-state index is 13.4. The van der Waals surface area contributed by atoms with Crippen LogP contribution in [0.25, 0.3) is 0 Å². The molecule has 21 heavy (non-hydrogen) atoms. The molecule has 112 valence electrons. The summed E-state index contributed by atoms with van der Waals surface area (Å²) in [6.07, 6.45) is 1.43. The highest BCUT2D eigenvalue weighted by Crippen LogP contribution is 2.17. The summed E-state index contributed by atoms with van der Waals surface area (Å²) in [7, 11) is 1.65. The molecule has 0 fully saturated rings. The van der Waals surface area contributed by atoms with E-state index in [0.717, 1.165) is 28.9 Å². The van der Waals surface area contributed by atoms with Gasteiger partial charge in [-0.1, -0.05) is 18.2 Å². The topological polar surface area (TPSA) is 47.3 Å². The third-order valence-electron chi connectivity index (χ3n) is 3.63. The molecule has 2 aromatic rings. The van der Waals surface area contributed by atoms with Crippen LogP contribution in [0.15, 0.2) is 42.5 Å². The van der Waals surface area contributed by atoms with Crippen molar-refractivity contribution >= 4 is 0 Å². The number of nitrogens with two attached hydrogens (primary N) is 1. The van der Waals surface area contributed by atoms with E-state index in [0.29, 0.717) is 6.42 Å². The minimum absolute atomic E-state index is 0.0395. The fourth-order valence-electron chi connectivity index (χ4n) is 2.40. The molecule has 3 N–H and O–H groups in total. The van der Waals surface area contributed by atoms with Crippen molar-refractivity contribution in [2.45, 2.75) is 25.8 Å². The Morgan fingerprint density at radius 1 is 1.19 bits per heavy atom. The summed E-state index contributed by atoms with van der Waals surface area (Å²) in [6.45, 7) is 1.98. The molecule has 0 aromatic heterocycles. The summed E-state index contributed by atoms with van der Waals surface area (Å²) in [6, 6.07) is 12.8. The van der Waals surface area contributed by atoms with E-state index in [1.165, 1.54) is 6.07 Å². The minimum Gasteiger partial charge on any atom is -0.497 e. The number of hydrogen-bond acceptors (Lipinski definition) is 3. The Kier molecular flexibility index (Phi) is 5.31. The highest BCUT2D eigenvalue weighted by Gasteiger charge is 2.11. The Morgan fingerprint density at radius 2 is 2.00 bits per heavy atom. The summed E-state index contributed by atoms with van der Waals surface area (Å²) in [5, 5.41) is 0. The molecule has 0 saturated carbocycles. The first-order chi connectivity index (χ1) is 10.1. The van der Waals surface area contributed by atoms with Crippen LogP contribution < -0.4 is 16.0 Å². The predicted molar refractivity (Wildman–Crippen MR) is 82.7 cm³/mol. The van der Waals surface area contributed by atoms with Gasteiger partial charge < -0.3 is 4.74 Å². The first-order valence-corrected chi connectivity index (χ1v) is 6.96. The lowest BCUT2D eigenvalue weighted by Crippen LogP contribution is -2.38. The normalized spacial score (nSPS) is 12.2. The fourth-order valence-corrected chi connectivity index (χ4v) is 2.40. The quantitative estimate of drug-likeness (QED) is 0.635. The molecule has 0 radical (unpaired) electrons. The number of ether oxygens (including phenoxy) is 1. The Bertz CT molecular complexity index is 601. The summed E-state index contributed by atoms with van der Waals surface area (Å²) in [5.41, 5.74) is 6.00. The van der Waals surface area contributed by atoms with Gasteiger partial charge >= 0.3 is 0 Å². The van der Waals surface area contributed by atoms with Crippen LogP contribution in [0.5, 0.6) is 5.75 Å². The molecule has 0 aliphatic heterocycles. The van der Waals surface area contributed by atoms with Gasteiger partial charge in [-0.25, -0.2) is 4.39 Å². The third kappa shape index (κ3) is 4.28. The Labute approximate surface area is 124 Å². The third-order valence-corrected chi connectivity index (χ3v) is 3.63. The van der Waals surface area contributed by atoms with Crippen molar-refractivity contribution in [1.29, 1.82) is 0 Å². The molecular weight excluding hydrogens is 267 g/mol. The van der Waals surface area contributed by atoms with Gasteiger partial charge in [0.05, 0.1) is 7.11 Å². The molecule has 2 rings (SSSR count). The summed E-state index contributed by atoms with van der Waals surface area (Å²) < 4.78 is 18.6. The Hall–Kier alpha value is -1.91. The molecule has 2 aromatic carbocycles. The Balaban J connectivity index is 2.10. The highest BCUT2D eigenvalue weighted by molar-refractivity contribution is 5.30. The van der Waals surface area contributed by atoms with Crippen LogP contribution in [0.1, 0.15) is 16.7 Å². The number of methoxy groups -OCH3 is 1. The first kappa shape index (κ1) is 15.5. The zero-order chi connectivity index (χ0) is 15.2. The molecule has 1 atom stereocenters. The Morgan fingerprint density at radius 3 is 2.71 bits per heavy atom. The van der Waals surface area contributed by atoms with Gasteiger partial charge in [-0.15, -0.1) is 0 Å². The zero-order valence-corrected chi connectivity index (χ0v) is 12.4. The number of halogens is 1. The molecule has 0 aliphatic carbocycles. The standard InChI is InChI=1S/C17H21FN2O/c1-12-6-7-15(18)10-14(12)11-16(20-19)8-13-4-3-5-17(9-13)21-2/h3-7,9-10,16,20H,8,11,19H2,1-2H3. The van der Waals surface area contributed by atoms with Crippen molar-refractivity contribution in [1.82, 2.24) is 5.43 Å². The summed E-state index contributed by atoms with van der Waals surface area (Å²) in [5.74, 6) is 6.26. The SMILES string of the molecule is COc1cccc(CC(Cc2cc(F)ccc2C)NN)c1. The molecule has 0 amide bonds. The van der Waals surface area contributed by atoms with Gasteiger partial charge in [0.2, 0.25) is 0 Å². The second-order valence-corrected chi connectivity index (χ2v) is 5.19. The lowest BCUT2D eigenvalue weighted by atomic mass is 9.96. The fraction of sp³-hybridized carbons (Fsp3) is 0.294. The molecule has 0 spiro atoms. The van der Waals surface area contributed by atoms with E-state index in [9.17, 15) is 4.39 Å². The number of hydrazine groups is 1. The van der Waals surface area contributed by atoms with Crippen LogP contribution in [0.2, 0.25) is 0 Å². The average Bonchev–Trinajstić information content (AvgIpc) is 2.50. The van der Waals surface area contributed by atoms with Crippen molar-refractivity contribution in [3.8, 4) is 5.75 Å². The molecular formula is C17H21FN2O. The largest absolute Gasteiger partial charge is 0.497 e. The summed E-state index contributed by atoms with van der Waals surface area (Å²) in [4.78, 5) is 0. The van der Waals surface area contributed by atoms with E-state index in [1.807, 2.05) is 31.2 Å². The number of benzene rings is 2. The van der Waals surface area contributed by atoms with Crippen molar-refractivity contribution < 1.29 is 9.13 Å². The van der Waals surface area contributed by atoms with Crippen LogP contribution in [0, 0.1) is 12.7 Å². The van der Waals surface area contributed by atoms with Crippen LogP contribution >= 0.6 is 0 Å². The lowest BCUT2D eigenvalue weighted by Gasteiger charge is -2.18. The van der Waals surface area contributed by atoms with Gasteiger partial charge in [-0.3, -0.25) is 11.3 Å². The molecule has 0 heterocycles. The van der Waals surface area contributed by atoms with Crippen LogP contribution in [-0.2, 0) is 12.8 Å². The van der Waals surface area contributed by atoms with E-state index in [4.69, 9.17) is 10.6 Å². The molecule has 0 saturated heterocycles. The minimum atomic E-state index is -0.215. The number of hydrogen-bond donors (Lipinski definition) is 2. The molecule has 4 heteroatoms. The van der Waals surface area contributed by atoms with Crippen LogP contribution in [0.4, 0.5) is 4.39 Å². The van der Waals surface area contributed by atoms with Gasteiger partial charge in [0, 0.05) is 6.04 Å². The molecule has 0 bridgehead atoms. The van der Waals surface area contributed by atoms with Gasteiger partial charge in [0.25, 0.3) is 0 Å². The van der Waals surface area contributed by atoms with Gasteiger partial charge in [0.15, 0.2) is 0 Å². The second-order valence-electron chi connectivity index (χ2n) is 5.19. The monoisotopic (exact) mass is 288 g/mol. The van der Waals surface area contributed by atoms with Crippen molar-refractivity contribution in [2.24, 2.45) is 5.84 Å². The highest BCUT2D eigenvalue weighted by atomic mass is 19.1. The smallest absolute Gasteiger partial charge is 0.123 e. The number of nitrogens with one attached hydrogen (secondary N) is 1. The van der Waals surface area contributed by atoms with E-state index < -0.39 is 0 Å². The van der Waals surface area contributed by atoms with E-state index in [2.05, 4.69) is 5.43 Å². The predicted octanol–water partition coefficient (Wildman–Crippen LogP) is 2.76. The van der Waals surface area contributed by atoms with Crippen LogP contribution in [0.3, 0.4) is 0 Å². The lowest BCUT2D eigenvalue weighted by molar-refractivity contribution is 0.413. The van der Waals surface area contributed by atoms with E-state index in [1.54, 1.807) is 19.2 Å². The van der Waals surface area contributed by atoms with Gasteiger partial charge in [-0.2, -0.15) is 0 Å². The zero-order valence-electron chi connectivity index (χ0n) is 12.4. The maximum absolute atomic E-state index is 13.4. The molecule has 1 unspecified atom stereocenters. The number of aryl methyl sites for hydroxylation is 1. The molecule has 3 nitrogen and oxygen atoms in total. The van der Waals surface area contributed by atoms with E-state index >= 15 is 0 Å². The van der Waals surface area contributed by atoms with E-state index in [-0.39, 0.29) is 11.9 Å².